The maximum atomic E-state index is 14.0. The van der Waals surface area contributed by atoms with Crippen molar-refractivity contribution in [2.75, 3.05) is 13.1 Å². The van der Waals surface area contributed by atoms with Gasteiger partial charge in [0, 0.05) is 24.4 Å². The smallest absolute Gasteiger partial charge is 0.256 e. The van der Waals surface area contributed by atoms with E-state index in [2.05, 4.69) is 0 Å². The van der Waals surface area contributed by atoms with Gasteiger partial charge in [-0.3, -0.25) is 14.6 Å². The number of aromatic nitrogens is 1. The first kappa shape index (κ1) is 18.1. The van der Waals surface area contributed by atoms with Gasteiger partial charge < -0.3 is 10.6 Å². The van der Waals surface area contributed by atoms with Crippen LogP contribution in [0.2, 0.25) is 0 Å². The Morgan fingerprint density at radius 3 is 2.61 bits per heavy atom. The van der Waals surface area contributed by atoms with Gasteiger partial charge in [0.2, 0.25) is 0 Å². The quantitative estimate of drug-likeness (QED) is 0.759. The summed E-state index contributed by atoms with van der Waals surface area (Å²) >= 11 is 0. The highest BCUT2D eigenvalue weighted by molar-refractivity contribution is 5.98. The number of rotatable bonds is 3. The molecular formula is C22H20FN3O2. The number of likely N-dealkylation sites (tertiary alicyclic amines) is 1. The molecule has 1 aliphatic rings. The molecule has 1 saturated heterocycles. The van der Waals surface area contributed by atoms with E-state index in [4.69, 9.17) is 10.7 Å². The molecule has 3 aromatic rings. The molecule has 1 unspecified atom stereocenters. The van der Waals surface area contributed by atoms with E-state index in [1.165, 1.54) is 12.1 Å². The number of halogens is 1. The zero-order chi connectivity index (χ0) is 19.7. The molecule has 1 fully saturated rings. The second-order valence-electron chi connectivity index (χ2n) is 7.05. The van der Waals surface area contributed by atoms with E-state index in [0.29, 0.717) is 24.3 Å². The van der Waals surface area contributed by atoms with Crippen LogP contribution >= 0.6 is 0 Å². The number of amides is 2. The summed E-state index contributed by atoms with van der Waals surface area (Å²) in [5.41, 5.74) is 7.43. The molecule has 4 rings (SSSR count). The van der Waals surface area contributed by atoms with Crippen LogP contribution in [0.25, 0.3) is 10.9 Å². The fraction of sp³-hybridized carbons (Fsp3) is 0.227. The Hall–Kier alpha value is -3.28. The van der Waals surface area contributed by atoms with Crippen LogP contribution in [0.4, 0.5) is 4.39 Å². The summed E-state index contributed by atoms with van der Waals surface area (Å²) in [6.07, 6.45) is 1.53. The first-order valence-corrected chi connectivity index (χ1v) is 9.28. The molecule has 0 aliphatic carbocycles. The number of nitrogens with zero attached hydrogens (tertiary/aromatic N) is 2. The Balaban J connectivity index is 1.68. The van der Waals surface area contributed by atoms with Gasteiger partial charge in [-0.1, -0.05) is 30.3 Å². The second kappa shape index (κ2) is 7.38. The SMILES string of the molecule is NC(=O)c1cc2ccccc2nc1C1CCCN(C(=O)c2ccccc2F)C1. The summed E-state index contributed by atoms with van der Waals surface area (Å²) in [6, 6.07) is 15.3. The van der Waals surface area contributed by atoms with Crippen LogP contribution in [0.15, 0.2) is 54.6 Å². The summed E-state index contributed by atoms with van der Waals surface area (Å²) in [6.45, 7) is 0.919. The number of carbonyl (C=O) groups is 2. The fourth-order valence-electron chi connectivity index (χ4n) is 3.83. The normalized spacial score (nSPS) is 16.9. The van der Waals surface area contributed by atoms with Crippen molar-refractivity contribution in [3.8, 4) is 0 Å². The molecule has 142 valence electrons. The van der Waals surface area contributed by atoms with Gasteiger partial charge in [-0.2, -0.15) is 0 Å². The van der Waals surface area contributed by atoms with Gasteiger partial charge in [0.1, 0.15) is 5.82 Å². The van der Waals surface area contributed by atoms with Crippen molar-refractivity contribution in [2.45, 2.75) is 18.8 Å². The van der Waals surface area contributed by atoms with Gasteiger partial charge in [-0.25, -0.2) is 4.39 Å². The number of hydrogen-bond donors (Lipinski definition) is 1. The number of fused-ring (bicyclic) bond motifs is 1. The Kier molecular flexibility index (Phi) is 4.77. The van der Waals surface area contributed by atoms with Crippen LogP contribution in [0.1, 0.15) is 45.2 Å². The van der Waals surface area contributed by atoms with Crippen molar-refractivity contribution < 1.29 is 14.0 Å². The van der Waals surface area contributed by atoms with E-state index in [1.54, 1.807) is 23.1 Å². The molecule has 1 aliphatic heterocycles. The Morgan fingerprint density at radius 1 is 1.07 bits per heavy atom. The molecule has 1 aromatic heterocycles. The van der Waals surface area contributed by atoms with Crippen LogP contribution in [-0.2, 0) is 0 Å². The minimum Gasteiger partial charge on any atom is -0.366 e. The van der Waals surface area contributed by atoms with Crippen LogP contribution in [-0.4, -0.2) is 34.8 Å². The molecule has 2 aromatic carbocycles. The van der Waals surface area contributed by atoms with E-state index >= 15 is 0 Å². The van der Waals surface area contributed by atoms with Gasteiger partial charge in [0.25, 0.3) is 11.8 Å². The number of pyridine rings is 1. The zero-order valence-corrected chi connectivity index (χ0v) is 15.3. The molecular weight excluding hydrogens is 357 g/mol. The molecule has 0 bridgehead atoms. The van der Waals surface area contributed by atoms with Crippen molar-refractivity contribution in [3.63, 3.8) is 0 Å². The lowest BCUT2D eigenvalue weighted by molar-refractivity contribution is 0.0701. The summed E-state index contributed by atoms with van der Waals surface area (Å²) in [5, 5.41) is 0.843. The standard InChI is InChI=1S/C22H20FN3O2/c23-18-9-3-2-8-16(18)22(28)26-11-5-7-15(13-26)20-17(21(24)27)12-14-6-1-4-10-19(14)25-20/h1-4,6,8-10,12,15H,5,7,11,13H2,(H2,24,27). The van der Waals surface area contributed by atoms with Gasteiger partial charge in [-0.15, -0.1) is 0 Å². The minimum absolute atomic E-state index is 0.0599. The highest BCUT2D eigenvalue weighted by Gasteiger charge is 2.30. The van der Waals surface area contributed by atoms with E-state index in [0.717, 1.165) is 23.7 Å². The van der Waals surface area contributed by atoms with Crippen LogP contribution in [0.3, 0.4) is 0 Å². The first-order chi connectivity index (χ1) is 13.5. The number of benzene rings is 2. The fourth-order valence-corrected chi connectivity index (χ4v) is 3.83. The Morgan fingerprint density at radius 2 is 1.82 bits per heavy atom. The third kappa shape index (κ3) is 3.33. The molecule has 0 saturated carbocycles. The number of hydrogen-bond acceptors (Lipinski definition) is 3. The molecule has 0 radical (unpaired) electrons. The van der Waals surface area contributed by atoms with Crippen molar-refractivity contribution in [3.05, 3.63) is 77.2 Å². The van der Waals surface area contributed by atoms with Gasteiger partial charge >= 0.3 is 0 Å². The second-order valence-corrected chi connectivity index (χ2v) is 7.05. The average molecular weight is 377 g/mol. The average Bonchev–Trinajstić information content (AvgIpc) is 2.72. The summed E-state index contributed by atoms with van der Waals surface area (Å²) in [4.78, 5) is 31.2. The molecule has 1 atom stereocenters. The van der Waals surface area contributed by atoms with E-state index in [9.17, 15) is 14.0 Å². The lowest BCUT2D eigenvalue weighted by atomic mass is 9.90. The topological polar surface area (TPSA) is 76.3 Å². The highest BCUT2D eigenvalue weighted by atomic mass is 19.1. The van der Waals surface area contributed by atoms with Crippen molar-refractivity contribution >= 4 is 22.7 Å². The molecule has 2 N–H and O–H groups in total. The van der Waals surface area contributed by atoms with Gasteiger partial charge in [0.15, 0.2) is 0 Å². The monoisotopic (exact) mass is 377 g/mol. The third-order valence-electron chi connectivity index (χ3n) is 5.22. The van der Waals surface area contributed by atoms with E-state index in [1.807, 2.05) is 24.3 Å². The maximum Gasteiger partial charge on any atom is 0.256 e. The lowest BCUT2D eigenvalue weighted by Gasteiger charge is -2.33. The molecule has 0 spiro atoms. The molecule has 2 amide bonds. The van der Waals surface area contributed by atoms with Gasteiger partial charge in [-0.05, 0) is 37.1 Å². The number of nitrogens with two attached hydrogens (primary N) is 1. The predicted molar refractivity (Wildman–Crippen MR) is 105 cm³/mol. The van der Waals surface area contributed by atoms with Crippen LogP contribution in [0.5, 0.6) is 0 Å². The third-order valence-corrected chi connectivity index (χ3v) is 5.22. The summed E-state index contributed by atoms with van der Waals surface area (Å²) in [7, 11) is 0. The molecule has 6 heteroatoms. The van der Waals surface area contributed by atoms with Crippen molar-refractivity contribution in [2.24, 2.45) is 5.73 Å². The minimum atomic E-state index is -0.536. The van der Waals surface area contributed by atoms with Crippen LogP contribution < -0.4 is 5.73 Å². The number of para-hydroxylation sites is 1. The molecule has 2 heterocycles. The maximum absolute atomic E-state index is 14.0. The molecule has 5 nitrogen and oxygen atoms in total. The van der Waals surface area contributed by atoms with Crippen molar-refractivity contribution in [1.29, 1.82) is 0 Å². The summed E-state index contributed by atoms with van der Waals surface area (Å²) < 4.78 is 14.0. The highest BCUT2D eigenvalue weighted by Crippen LogP contribution is 2.31. The summed E-state index contributed by atoms with van der Waals surface area (Å²) in [5.74, 6) is -1.54. The van der Waals surface area contributed by atoms with E-state index < -0.39 is 11.7 Å². The molecule has 28 heavy (non-hydrogen) atoms. The predicted octanol–water partition coefficient (Wildman–Crippen LogP) is 3.49. The van der Waals surface area contributed by atoms with Gasteiger partial charge in [0.05, 0.1) is 22.3 Å². The first-order valence-electron chi connectivity index (χ1n) is 9.28. The van der Waals surface area contributed by atoms with E-state index in [-0.39, 0.29) is 17.4 Å². The number of carbonyl (C=O) groups excluding carboxylic acids is 2. The Bertz CT molecular complexity index is 1070. The largest absolute Gasteiger partial charge is 0.366 e. The van der Waals surface area contributed by atoms with Crippen LogP contribution in [0, 0.1) is 5.82 Å². The van der Waals surface area contributed by atoms with Crippen molar-refractivity contribution in [1.82, 2.24) is 9.88 Å². The lowest BCUT2D eigenvalue weighted by Crippen LogP contribution is -2.40. The number of primary amides is 1. The Labute approximate surface area is 162 Å². The number of piperidine rings is 1. The zero-order valence-electron chi connectivity index (χ0n) is 15.3.